The molecule has 1 heterocycles. The lowest BCUT2D eigenvalue weighted by molar-refractivity contribution is -0.118. The summed E-state index contributed by atoms with van der Waals surface area (Å²) >= 11 is 0. The molecular formula is C18H24N2O2. The van der Waals surface area contributed by atoms with Gasteiger partial charge in [-0.15, -0.1) is 0 Å². The Kier molecular flexibility index (Phi) is 4.46. The molecule has 4 heteroatoms. The summed E-state index contributed by atoms with van der Waals surface area (Å²) in [7, 11) is 0. The number of para-hydroxylation sites is 1. The minimum atomic E-state index is 0.0349. The van der Waals surface area contributed by atoms with Gasteiger partial charge in [-0.25, -0.2) is 0 Å². The highest BCUT2D eigenvalue weighted by atomic mass is 16.2. The lowest BCUT2D eigenvalue weighted by Crippen LogP contribution is -2.27. The van der Waals surface area contributed by atoms with Crippen molar-refractivity contribution in [1.29, 1.82) is 0 Å². The predicted octanol–water partition coefficient (Wildman–Crippen LogP) is 3.50. The van der Waals surface area contributed by atoms with Gasteiger partial charge < -0.3 is 10.2 Å². The van der Waals surface area contributed by atoms with Gasteiger partial charge in [-0.1, -0.05) is 31.4 Å². The topological polar surface area (TPSA) is 49.4 Å². The summed E-state index contributed by atoms with van der Waals surface area (Å²) in [4.78, 5) is 25.9. The van der Waals surface area contributed by atoms with E-state index >= 15 is 0 Å². The number of carbonyl (C=O) groups is 2. The molecule has 0 aromatic heterocycles. The van der Waals surface area contributed by atoms with Crippen molar-refractivity contribution in [2.24, 2.45) is 5.92 Å². The molecule has 2 amide bonds. The zero-order chi connectivity index (χ0) is 15.5. The first-order chi connectivity index (χ1) is 10.6. The lowest BCUT2D eigenvalue weighted by atomic mass is 9.87. The third kappa shape index (κ3) is 3.16. The van der Waals surface area contributed by atoms with Gasteiger partial charge >= 0.3 is 0 Å². The van der Waals surface area contributed by atoms with Gasteiger partial charge in [0.25, 0.3) is 0 Å². The predicted molar refractivity (Wildman–Crippen MR) is 88.0 cm³/mol. The Morgan fingerprint density at radius 3 is 2.73 bits per heavy atom. The van der Waals surface area contributed by atoms with E-state index in [0.29, 0.717) is 18.9 Å². The zero-order valence-electron chi connectivity index (χ0n) is 13.2. The molecule has 0 bridgehead atoms. The van der Waals surface area contributed by atoms with Crippen LogP contribution in [-0.2, 0) is 16.0 Å². The van der Waals surface area contributed by atoms with Gasteiger partial charge in [-0.3, -0.25) is 9.59 Å². The van der Waals surface area contributed by atoms with Crippen LogP contribution < -0.4 is 10.2 Å². The van der Waals surface area contributed by atoms with Gasteiger partial charge in [-0.2, -0.15) is 0 Å². The Hall–Kier alpha value is -1.84. The molecule has 0 unspecified atom stereocenters. The van der Waals surface area contributed by atoms with Crippen LogP contribution in [0.25, 0.3) is 0 Å². The van der Waals surface area contributed by atoms with E-state index in [0.717, 1.165) is 23.4 Å². The Morgan fingerprint density at radius 1 is 1.23 bits per heavy atom. The normalized spacial score (nSPS) is 18.1. The second-order valence-corrected chi connectivity index (χ2v) is 6.49. The molecule has 0 radical (unpaired) electrons. The summed E-state index contributed by atoms with van der Waals surface area (Å²) < 4.78 is 0. The third-order valence-corrected chi connectivity index (χ3v) is 4.85. The van der Waals surface area contributed by atoms with Crippen molar-refractivity contribution in [3.63, 3.8) is 0 Å². The minimum Gasteiger partial charge on any atom is -0.324 e. The smallest absolute Gasteiger partial charge is 0.224 e. The molecule has 1 saturated carbocycles. The van der Waals surface area contributed by atoms with E-state index < -0.39 is 0 Å². The lowest BCUT2D eigenvalue weighted by Gasteiger charge is -2.22. The van der Waals surface area contributed by atoms with Crippen LogP contribution in [0.15, 0.2) is 18.2 Å². The summed E-state index contributed by atoms with van der Waals surface area (Å²) in [5.41, 5.74) is 2.82. The van der Waals surface area contributed by atoms with E-state index in [9.17, 15) is 9.59 Å². The van der Waals surface area contributed by atoms with Crippen LogP contribution in [0.1, 0.15) is 51.0 Å². The van der Waals surface area contributed by atoms with E-state index in [-0.39, 0.29) is 11.8 Å². The van der Waals surface area contributed by atoms with Crippen molar-refractivity contribution in [2.45, 2.75) is 51.9 Å². The molecule has 1 fully saturated rings. The molecule has 0 spiro atoms. The molecule has 1 aromatic rings. The van der Waals surface area contributed by atoms with Gasteiger partial charge in [0.1, 0.15) is 0 Å². The monoisotopic (exact) mass is 300 g/mol. The quantitative estimate of drug-likeness (QED) is 0.928. The molecular weight excluding hydrogens is 276 g/mol. The third-order valence-electron chi connectivity index (χ3n) is 4.85. The molecule has 2 aliphatic rings. The van der Waals surface area contributed by atoms with Crippen molar-refractivity contribution in [1.82, 2.24) is 0 Å². The number of hydrogen-bond donors (Lipinski definition) is 1. The van der Waals surface area contributed by atoms with Crippen LogP contribution in [0.2, 0.25) is 0 Å². The van der Waals surface area contributed by atoms with E-state index in [1.54, 1.807) is 11.8 Å². The van der Waals surface area contributed by atoms with Crippen LogP contribution in [-0.4, -0.2) is 18.4 Å². The maximum absolute atomic E-state index is 12.3. The zero-order valence-corrected chi connectivity index (χ0v) is 13.2. The fourth-order valence-corrected chi connectivity index (χ4v) is 3.73. The number of nitrogens with zero attached hydrogens (tertiary/aromatic N) is 1. The first kappa shape index (κ1) is 15.1. The van der Waals surface area contributed by atoms with E-state index in [1.165, 1.54) is 32.1 Å². The van der Waals surface area contributed by atoms with Crippen molar-refractivity contribution in [2.75, 3.05) is 16.8 Å². The summed E-state index contributed by atoms with van der Waals surface area (Å²) in [6, 6.07) is 5.90. The number of nitrogens with one attached hydrogen (secondary N) is 1. The molecule has 1 aliphatic heterocycles. The highest BCUT2D eigenvalue weighted by Gasteiger charge is 2.26. The first-order valence-electron chi connectivity index (χ1n) is 8.35. The van der Waals surface area contributed by atoms with Crippen LogP contribution in [0.3, 0.4) is 0 Å². The van der Waals surface area contributed by atoms with E-state index in [1.807, 2.05) is 18.2 Å². The SMILES string of the molecule is CC(=O)N1CCc2cccc(NC(=O)CC3CCCCC3)c21. The summed E-state index contributed by atoms with van der Waals surface area (Å²) in [6.07, 6.45) is 7.59. The molecule has 4 nitrogen and oxygen atoms in total. The summed E-state index contributed by atoms with van der Waals surface area (Å²) in [5, 5.41) is 3.04. The van der Waals surface area contributed by atoms with Gasteiger partial charge in [0.2, 0.25) is 11.8 Å². The average molecular weight is 300 g/mol. The molecule has 1 aliphatic carbocycles. The standard InChI is InChI=1S/C18H24N2O2/c1-13(21)20-11-10-15-8-5-9-16(18(15)20)19-17(22)12-14-6-3-2-4-7-14/h5,8-9,14H,2-4,6-7,10-12H2,1H3,(H,19,22). The number of fused-ring (bicyclic) bond motifs is 1. The highest BCUT2D eigenvalue weighted by Crippen LogP contribution is 2.36. The summed E-state index contributed by atoms with van der Waals surface area (Å²) in [6.45, 7) is 2.29. The molecule has 3 rings (SSSR count). The van der Waals surface area contributed by atoms with Crippen molar-refractivity contribution in [3.05, 3.63) is 23.8 Å². The average Bonchev–Trinajstić information content (AvgIpc) is 2.93. The Balaban J connectivity index is 1.71. The number of hydrogen-bond acceptors (Lipinski definition) is 2. The number of anilines is 2. The molecule has 1 aromatic carbocycles. The second kappa shape index (κ2) is 6.51. The Labute approximate surface area is 131 Å². The number of carbonyl (C=O) groups excluding carboxylic acids is 2. The van der Waals surface area contributed by atoms with Crippen LogP contribution in [0, 0.1) is 5.92 Å². The van der Waals surface area contributed by atoms with E-state index in [2.05, 4.69) is 5.32 Å². The molecule has 1 N–H and O–H groups in total. The largest absolute Gasteiger partial charge is 0.324 e. The molecule has 118 valence electrons. The van der Waals surface area contributed by atoms with Crippen molar-refractivity contribution in [3.8, 4) is 0 Å². The van der Waals surface area contributed by atoms with Crippen molar-refractivity contribution >= 4 is 23.2 Å². The van der Waals surface area contributed by atoms with Gasteiger partial charge in [0.15, 0.2) is 0 Å². The van der Waals surface area contributed by atoms with E-state index in [4.69, 9.17) is 0 Å². The number of rotatable bonds is 3. The highest BCUT2D eigenvalue weighted by molar-refractivity contribution is 6.02. The molecule has 0 saturated heterocycles. The van der Waals surface area contributed by atoms with Crippen molar-refractivity contribution < 1.29 is 9.59 Å². The van der Waals surface area contributed by atoms with Gasteiger partial charge in [0.05, 0.1) is 11.4 Å². The molecule has 22 heavy (non-hydrogen) atoms. The number of benzene rings is 1. The maximum atomic E-state index is 12.3. The number of amides is 2. The maximum Gasteiger partial charge on any atom is 0.224 e. The molecule has 0 atom stereocenters. The van der Waals surface area contributed by atoms with Gasteiger partial charge in [0, 0.05) is 19.9 Å². The fraction of sp³-hybridized carbons (Fsp3) is 0.556. The fourth-order valence-electron chi connectivity index (χ4n) is 3.73. The van der Waals surface area contributed by atoms with Crippen LogP contribution in [0.5, 0.6) is 0 Å². The first-order valence-corrected chi connectivity index (χ1v) is 8.35. The van der Waals surface area contributed by atoms with Crippen LogP contribution in [0.4, 0.5) is 11.4 Å². The Bertz CT molecular complexity index is 576. The Morgan fingerprint density at radius 2 is 2.00 bits per heavy atom. The second-order valence-electron chi connectivity index (χ2n) is 6.49. The van der Waals surface area contributed by atoms with Crippen LogP contribution >= 0.6 is 0 Å². The summed E-state index contributed by atoms with van der Waals surface area (Å²) in [5.74, 6) is 0.637. The van der Waals surface area contributed by atoms with Gasteiger partial charge in [-0.05, 0) is 36.8 Å². The minimum absolute atomic E-state index is 0.0349.